The standard InChI is InChI=1S/C20H24Cl2N2O3/c1-26-20-5-3-2-4-18(20)24-10-8-23(9-11-24)13-16(25)14-27-19-7-6-15(21)12-17(19)22/h2-7,12,16,25H,8-11,13-14H2,1H3/t16-/m1/s1. The molecule has 1 heterocycles. The zero-order chi connectivity index (χ0) is 19.2. The van der Waals surface area contributed by atoms with Gasteiger partial charge < -0.3 is 19.5 Å². The maximum atomic E-state index is 10.3. The Bertz CT molecular complexity index is 752. The first kappa shape index (κ1) is 20.1. The number of rotatable bonds is 7. The van der Waals surface area contributed by atoms with Crippen molar-refractivity contribution in [1.29, 1.82) is 0 Å². The number of hydrogen-bond donors (Lipinski definition) is 1. The zero-order valence-corrected chi connectivity index (χ0v) is 16.8. The number of anilines is 1. The molecule has 1 aliphatic heterocycles. The van der Waals surface area contributed by atoms with Crippen LogP contribution < -0.4 is 14.4 Å². The van der Waals surface area contributed by atoms with Crippen molar-refractivity contribution in [2.24, 2.45) is 0 Å². The van der Waals surface area contributed by atoms with Crippen molar-refractivity contribution in [1.82, 2.24) is 4.90 Å². The molecule has 7 heteroatoms. The highest BCUT2D eigenvalue weighted by molar-refractivity contribution is 6.35. The molecule has 0 aromatic heterocycles. The van der Waals surface area contributed by atoms with E-state index in [0.717, 1.165) is 37.6 Å². The highest BCUT2D eigenvalue weighted by Gasteiger charge is 2.21. The molecule has 0 amide bonds. The smallest absolute Gasteiger partial charge is 0.142 e. The molecule has 0 radical (unpaired) electrons. The number of halogens is 2. The molecule has 5 nitrogen and oxygen atoms in total. The summed E-state index contributed by atoms with van der Waals surface area (Å²) in [6.07, 6.45) is -0.588. The molecule has 0 aliphatic carbocycles. The predicted molar refractivity (Wildman–Crippen MR) is 110 cm³/mol. The largest absolute Gasteiger partial charge is 0.495 e. The summed E-state index contributed by atoms with van der Waals surface area (Å²) in [6, 6.07) is 13.1. The van der Waals surface area contributed by atoms with Gasteiger partial charge in [0, 0.05) is 37.7 Å². The van der Waals surface area contributed by atoms with E-state index >= 15 is 0 Å². The Labute approximate surface area is 170 Å². The van der Waals surface area contributed by atoms with E-state index < -0.39 is 6.10 Å². The maximum absolute atomic E-state index is 10.3. The summed E-state index contributed by atoms with van der Waals surface area (Å²) in [5.74, 6) is 1.42. The van der Waals surface area contributed by atoms with Crippen molar-refractivity contribution in [2.45, 2.75) is 6.10 Å². The number of aliphatic hydroxyl groups excluding tert-OH is 1. The number of aliphatic hydroxyl groups is 1. The molecule has 0 unspecified atom stereocenters. The van der Waals surface area contributed by atoms with Crippen molar-refractivity contribution in [2.75, 3.05) is 51.3 Å². The lowest BCUT2D eigenvalue weighted by atomic mass is 10.2. The highest BCUT2D eigenvalue weighted by atomic mass is 35.5. The number of methoxy groups -OCH3 is 1. The molecular formula is C20H24Cl2N2O3. The van der Waals surface area contributed by atoms with E-state index in [-0.39, 0.29) is 6.61 Å². The summed E-state index contributed by atoms with van der Waals surface area (Å²) >= 11 is 12.0. The average molecular weight is 411 g/mol. The van der Waals surface area contributed by atoms with Gasteiger partial charge in [-0.2, -0.15) is 0 Å². The molecule has 1 aliphatic rings. The van der Waals surface area contributed by atoms with Crippen LogP contribution in [0.2, 0.25) is 10.0 Å². The monoisotopic (exact) mass is 410 g/mol. The van der Waals surface area contributed by atoms with Crippen LogP contribution in [0, 0.1) is 0 Å². The number of piperazine rings is 1. The van der Waals surface area contributed by atoms with Gasteiger partial charge in [0.1, 0.15) is 24.2 Å². The Hall–Kier alpha value is -1.66. The van der Waals surface area contributed by atoms with Crippen LogP contribution in [0.1, 0.15) is 0 Å². The highest BCUT2D eigenvalue weighted by Crippen LogP contribution is 2.29. The third-order valence-corrected chi connectivity index (χ3v) is 5.12. The fourth-order valence-corrected chi connectivity index (χ4v) is 3.65. The second-order valence-corrected chi connectivity index (χ2v) is 7.34. The van der Waals surface area contributed by atoms with E-state index in [1.807, 2.05) is 18.2 Å². The summed E-state index contributed by atoms with van der Waals surface area (Å²) in [6.45, 7) is 4.26. The molecule has 27 heavy (non-hydrogen) atoms. The van der Waals surface area contributed by atoms with Gasteiger partial charge in [0.05, 0.1) is 17.8 Å². The first-order chi connectivity index (χ1) is 13.1. The third kappa shape index (κ3) is 5.42. The van der Waals surface area contributed by atoms with Gasteiger partial charge in [-0.25, -0.2) is 0 Å². The van der Waals surface area contributed by atoms with Crippen molar-refractivity contribution in [3.63, 3.8) is 0 Å². The number of β-amino-alcohol motifs (C(OH)–C–C–N with tert-alkyl or cyclic N) is 1. The molecule has 0 bridgehead atoms. The second kappa shape index (κ2) is 9.51. The van der Waals surface area contributed by atoms with Gasteiger partial charge in [0.25, 0.3) is 0 Å². The van der Waals surface area contributed by atoms with Crippen LogP contribution in [0.4, 0.5) is 5.69 Å². The number of benzene rings is 2. The van der Waals surface area contributed by atoms with Gasteiger partial charge in [-0.1, -0.05) is 35.3 Å². The SMILES string of the molecule is COc1ccccc1N1CCN(C[C@@H](O)COc2ccc(Cl)cc2Cl)CC1. The average Bonchev–Trinajstić information content (AvgIpc) is 2.68. The van der Waals surface area contributed by atoms with Crippen molar-refractivity contribution < 1.29 is 14.6 Å². The van der Waals surface area contributed by atoms with Crippen molar-refractivity contribution in [3.05, 3.63) is 52.5 Å². The molecule has 2 aromatic carbocycles. The Kier molecular flexibility index (Phi) is 7.07. The Morgan fingerprint density at radius 3 is 2.48 bits per heavy atom. The summed E-state index contributed by atoms with van der Waals surface area (Å²) in [5, 5.41) is 11.3. The van der Waals surface area contributed by atoms with Crippen LogP contribution in [-0.2, 0) is 0 Å². The normalized spacial score (nSPS) is 16.2. The molecule has 1 N–H and O–H groups in total. The van der Waals surface area contributed by atoms with Gasteiger partial charge in [0.15, 0.2) is 0 Å². The Morgan fingerprint density at radius 2 is 1.78 bits per heavy atom. The predicted octanol–water partition coefficient (Wildman–Crippen LogP) is 3.56. The molecule has 1 atom stereocenters. The molecule has 2 aromatic rings. The molecule has 0 spiro atoms. The molecule has 146 valence electrons. The third-order valence-electron chi connectivity index (χ3n) is 4.59. The fraction of sp³-hybridized carbons (Fsp3) is 0.400. The molecule has 0 saturated carbocycles. The van der Waals surface area contributed by atoms with Crippen LogP contribution in [0.5, 0.6) is 11.5 Å². The van der Waals surface area contributed by atoms with E-state index in [1.54, 1.807) is 25.3 Å². The van der Waals surface area contributed by atoms with E-state index in [0.29, 0.717) is 22.3 Å². The Balaban J connectivity index is 1.46. The molecule has 1 saturated heterocycles. The van der Waals surface area contributed by atoms with Gasteiger partial charge in [0.2, 0.25) is 0 Å². The minimum atomic E-state index is -0.588. The maximum Gasteiger partial charge on any atom is 0.142 e. The van der Waals surface area contributed by atoms with Gasteiger partial charge in [-0.05, 0) is 30.3 Å². The minimum Gasteiger partial charge on any atom is -0.495 e. The number of para-hydroxylation sites is 2. The van der Waals surface area contributed by atoms with Crippen LogP contribution in [0.15, 0.2) is 42.5 Å². The first-order valence-corrected chi connectivity index (χ1v) is 9.68. The number of ether oxygens (including phenoxy) is 2. The molecular weight excluding hydrogens is 387 g/mol. The topological polar surface area (TPSA) is 45.2 Å². The number of hydrogen-bond acceptors (Lipinski definition) is 5. The summed E-state index contributed by atoms with van der Waals surface area (Å²) in [4.78, 5) is 4.55. The van der Waals surface area contributed by atoms with Crippen LogP contribution >= 0.6 is 23.2 Å². The summed E-state index contributed by atoms with van der Waals surface area (Å²) in [7, 11) is 1.69. The van der Waals surface area contributed by atoms with Gasteiger partial charge >= 0.3 is 0 Å². The fourth-order valence-electron chi connectivity index (χ4n) is 3.19. The summed E-state index contributed by atoms with van der Waals surface area (Å²) < 4.78 is 11.1. The Morgan fingerprint density at radius 1 is 1.04 bits per heavy atom. The van der Waals surface area contributed by atoms with Crippen LogP contribution in [0.3, 0.4) is 0 Å². The van der Waals surface area contributed by atoms with Crippen LogP contribution in [0.25, 0.3) is 0 Å². The lowest BCUT2D eigenvalue weighted by Gasteiger charge is -2.37. The van der Waals surface area contributed by atoms with Crippen molar-refractivity contribution in [3.8, 4) is 11.5 Å². The first-order valence-electron chi connectivity index (χ1n) is 8.93. The van der Waals surface area contributed by atoms with E-state index in [9.17, 15) is 5.11 Å². The van der Waals surface area contributed by atoms with E-state index in [1.165, 1.54) is 0 Å². The molecule has 1 fully saturated rings. The molecule has 3 rings (SSSR count). The van der Waals surface area contributed by atoms with E-state index in [4.69, 9.17) is 32.7 Å². The lowest BCUT2D eigenvalue weighted by molar-refractivity contribution is 0.0663. The van der Waals surface area contributed by atoms with Crippen LogP contribution in [-0.4, -0.2) is 62.6 Å². The number of nitrogens with zero attached hydrogens (tertiary/aromatic N) is 2. The second-order valence-electron chi connectivity index (χ2n) is 6.50. The van der Waals surface area contributed by atoms with Crippen molar-refractivity contribution >= 4 is 28.9 Å². The lowest BCUT2D eigenvalue weighted by Crippen LogP contribution is -2.49. The summed E-state index contributed by atoms with van der Waals surface area (Å²) in [5.41, 5.74) is 1.11. The van der Waals surface area contributed by atoms with Gasteiger partial charge in [-0.3, -0.25) is 4.90 Å². The van der Waals surface area contributed by atoms with E-state index in [2.05, 4.69) is 15.9 Å². The zero-order valence-electron chi connectivity index (χ0n) is 15.3. The minimum absolute atomic E-state index is 0.189. The quantitative estimate of drug-likeness (QED) is 0.755. The van der Waals surface area contributed by atoms with Gasteiger partial charge in [-0.15, -0.1) is 0 Å².